The lowest BCUT2D eigenvalue weighted by Gasteiger charge is -2.27. The van der Waals surface area contributed by atoms with E-state index in [1.165, 1.54) is 35.9 Å². The molecule has 9 nitrogen and oxygen atoms in total. The Morgan fingerprint density at radius 3 is 2.36 bits per heavy atom. The molecule has 0 atom stereocenters. The van der Waals surface area contributed by atoms with Crippen LogP contribution in [-0.4, -0.2) is 57.8 Å². The van der Waals surface area contributed by atoms with Crippen molar-refractivity contribution in [1.29, 1.82) is 0 Å². The first kappa shape index (κ1) is 26.6. The van der Waals surface area contributed by atoms with Gasteiger partial charge in [-0.05, 0) is 42.0 Å². The number of benzene rings is 3. The second kappa shape index (κ2) is 11.8. The molecule has 0 aromatic heterocycles. The van der Waals surface area contributed by atoms with Crippen LogP contribution < -0.4 is 19.2 Å². The van der Waals surface area contributed by atoms with E-state index in [4.69, 9.17) is 9.47 Å². The number of likely N-dealkylation sites (tertiary alicyclic amines) is 1. The Balaban J connectivity index is 1.27. The molecule has 1 fully saturated rings. The quantitative estimate of drug-likeness (QED) is 0.429. The van der Waals surface area contributed by atoms with Gasteiger partial charge in [0, 0.05) is 44.3 Å². The predicted molar refractivity (Wildman–Crippen MR) is 145 cm³/mol. The van der Waals surface area contributed by atoms with E-state index in [0.717, 1.165) is 41.8 Å². The maximum atomic E-state index is 13.6. The minimum atomic E-state index is -4.22. The van der Waals surface area contributed by atoms with Gasteiger partial charge < -0.3 is 9.47 Å². The number of nitrogens with one attached hydrogen (secondary N) is 1. The van der Waals surface area contributed by atoms with E-state index in [-0.39, 0.29) is 10.6 Å². The van der Waals surface area contributed by atoms with Crippen LogP contribution >= 0.6 is 0 Å². The molecule has 0 spiro atoms. The number of hydrogen-bond donors (Lipinski definition) is 1. The Bertz CT molecular complexity index is 1440. The zero-order chi connectivity index (χ0) is 27.2. The van der Waals surface area contributed by atoms with Crippen molar-refractivity contribution < 1.29 is 27.1 Å². The van der Waals surface area contributed by atoms with E-state index >= 15 is 0 Å². The van der Waals surface area contributed by atoms with Crippen LogP contribution in [-0.2, 0) is 21.4 Å². The van der Waals surface area contributed by atoms with Crippen molar-refractivity contribution in [3.8, 4) is 11.5 Å². The highest BCUT2D eigenvalue weighted by Gasteiger charge is 2.29. The van der Waals surface area contributed by atoms with Crippen LogP contribution in [0.1, 0.15) is 18.4 Å². The summed E-state index contributed by atoms with van der Waals surface area (Å²) in [5.74, 6) is -0.391. The van der Waals surface area contributed by atoms with Gasteiger partial charge in [-0.1, -0.05) is 30.3 Å². The van der Waals surface area contributed by atoms with Crippen LogP contribution in [0.15, 0.2) is 82.8 Å². The maximum absolute atomic E-state index is 13.6. The number of halogens is 1. The first-order chi connectivity index (χ1) is 18.9. The summed E-state index contributed by atoms with van der Waals surface area (Å²) in [4.78, 5) is 15.1. The van der Waals surface area contributed by atoms with E-state index < -0.39 is 28.3 Å². The Morgan fingerprint density at radius 1 is 0.949 bits per heavy atom. The summed E-state index contributed by atoms with van der Waals surface area (Å²) in [7, 11) is -4.22. The molecule has 39 heavy (non-hydrogen) atoms. The summed E-state index contributed by atoms with van der Waals surface area (Å²) >= 11 is 0. The molecule has 1 amide bonds. The highest BCUT2D eigenvalue weighted by Crippen LogP contribution is 2.34. The van der Waals surface area contributed by atoms with E-state index in [2.05, 4.69) is 27.6 Å². The molecule has 0 radical (unpaired) electrons. The summed E-state index contributed by atoms with van der Waals surface area (Å²) in [5.41, 5.74) is 4.73. The average Bonchev–Trinajstić information content (AvgIpc) is 2.96. The maximum Gasteiger partial charge on any atom is 0.264 e. The zero-order valence-electron chi connectivity index (χ0n) is 21.3. The van der Waals surface area contributed by atoms with Gasteiger partial charge in [-0.2, -0.15) is 5.10 Å². The third kappa shape index (κ3) is 6.55. The van der Waals surface area contributed by atoms with Crippen LogP contribution in [0, 0.1) is 5.82 Å². The topological polar surface area (TPSA) is 101 Å². The number of fused-ring (bicyclic) bond motifs is 1. The van der Waals surface area contributed by atoms with Gasteiger partial charge in [-0.25, -0.2) is 18.2 Å². The van der Waals surface area contributed by atoms with E-state index in [1.807, 2.05) is 18.2 Å². The highest BCUT2D eigenvalue weighted by atomic mass is 32.2. The molecular formula is C28H29FN4O5S. The minimum absolute atomic E-state index is 0.0824. The van der Waals surface area contributed by atoms with E-state index in [9.17, 15) is 17.6 Å². The smallest absolute Gasteiger partial charge is 0.264 e. The van der Waals surface area contributed by atoms with Crippen LogP contribution in [0.3, 0.4) is 0 Å². The third-order valence-corrected chi connectivity index (χ3v) is 8.29. The number of piperidine rings is 1. The van der Waals surface area contributed by atoms with Crippen molar-refractivity contribution in [3.63, 3.8) is 0 Å². The minimum Gasteiger partial charge on any atom is -0.486 e. The summed E-state index contributed by atoms with van der Waals surface area (Å²) < 4.78 is 52.8. The molecule has 3 aromatic rings. The van der Waals surface area contributed by atoms with Gasteiger partial charge >= 0.3 is 0 Å². The number of nitrogens with zero attached hydrogens (tertiary/aromatic N) is 3. The van der Waals surface area contributed by atoms with Crippen LogP contribution in [0.25, 0.3) is 0 Å². The van der Waals surface area contributed by atoms with Gasteiger partial charge in [0.1, 0.15) is 25.6 Å². The summed E-state index contributed by atoms with van der Waals surface area (Å²) in [6.07, 6.45) is 1.40. The number of carbonyl (C=O) groups is 1. The molecule has 11 heteroatoms. The average molecular weight is 553 g/mol. The molecule has 0 bridgehead atoms. The number of ether oxygens (including phenoxy) is 2. The van der Waals surface area contributed by atoms with Crippen molar-refractivity contribution >= 4 is 27.3 Å². The van der Waals surface area contributed by atoms with E-state index in [0.29, 0.717) is 37.6 Å². The molecule has 0 unspecified atom stereocenters. The zero-order valence-corrected chi connectivity index (χ0v) is 22.1. The van der Waals surface area contributed by atoms with Crippen molar-refractivity contribution in [2.75, 3.05) is 37.2 Å². The van der Waals surface area contributed by atoms with Crippen LogP contribution in [0.5, 0.6) is 11.5 Å². The third-order valence-electron chi connectivity index (χ3n) is 6.52. The Kier molecular flexibility index (Phi) is 8.08. The SMILES string of the molecule is O=C(CN(c1ccc(F)cc1)S(=O)(=O)c1ccc2c(c1)OCCO2)NN=C1CCN(Cc2ccccc2)CC1. The monoisotopic (exact) mass is 552 g/mol. The van der Waals surface area contributed by atoms with Gasteiger partial charge in [-0.3, -0.25) is 14.0 Å². The number of rotatable bonds is 8. The fraction of sp³-hybridized carbons (Fsp3) is 0.286. The molecule has 3 aromatic carbocycles. The number of anilines is 1. The number of hydrazone groups is 1. The van der Waals surface area contributed by atoms with Crippen molar-refractivity contribution in [1.82, 2.24) is 10.3 Å². The van der Waals surface area contributed by atoms with Gasteiger partial charge in [0.25, 0.3) is 15.9 Å². The summed E-state index contributed by atoms with van der Waals surface area (Å²) in [5, 5.41) is 4.27. The van der Waals surface area contributed by atoms with Crippen molar-refractivity contribution in [2.45, 2.75) is 24.3 Å². The largest absolute Gasteiger partial charge is 0.486 e. The number of hydrogen-bond acceptors (Lipinski definition) is 7. The first-order valence-electron chi connectivity index (χ1n) is 12.7. The van der Waals surface area contributed by atoms with Gasteiger partial charge in [0.2, 0.25) is 0 Å². The molecule has 2 aliphatic rings. The molecular weight excluding hydrogens is 523 g/mol. The molecule has 0 saturated carbocycles. The number of amides is 1. The highest BCUT2D eigenvalue weighted by molar-refractivity contribution is 7.92. The van der Waals surface area contributed by atoms with Crippen molar-refractivity contribution in [2.24, 2.45) is 5.10 Å². The fourth-order valence-electron chi connectivity index (χ4n) is 4.46. The normalized spacial score (nSPS) is 15.5. The standard InChI is InChI=1S/C28H29FN4O5S/c29-22-6-8-24(9-7-22)33(39(35,36)25-10-11-26-27(18-25)38-17-16-37-26)20-28(34)31-30-23-12-14-32(15-13-23)19-21-4-2-1-3-5-21/h1-11,18H,12-17,19-20H2,(H,31,34). The van der Waals surface area contributed by atoms with Crippen LogP contribution in [0.4, 0.5) is 10.1 Å². The second-order valence-electron chi connectivity index (χ2n) is 9.27. The lowest BCUT2D eigenvalue weighted by molar-refractivity contribution is -0.119. The summed E-state index contributed by atoms with van der Waals surface area (Å²) in [6.45, 7) is 2.59. The molecule has 204 valence electrons. The molecule has 2 aliphatic heterocycles. The van der Waals surface area contributed by atoms with E-state index in [1.54, 1.807) is 0 Å². The predicted octanol–water partition coefficient (Wildman–Crippen LogP) is 3.56. The number of sulfonamides is 1. The lowest BCUT2D eigenvalue weighted by atomic mass is 10.1. The summed E-state index contributed by atoms with van der Waals surface area (Å²) in [6, 6.07) is 19.4. The van der Waals surface area contributed by atoms with Crippen molar-refractivity contribution in [3.05, 3.63) is 84.2 Å². The molecule has 5 rings (SSSR count). The number of carbonyl (C=O) groups excluding carboxylic acids is 1. The first-order valence-corrected chi connectivity index (χ1v) is 14.1. The molecule has 0 aliphatic carbocycles. The second-order valence-corrected chi connectivity index (χ2v) is 11.1. The molecule has 1 N–H and O–H groups in total. The molecule has 2 heterocycles. The Morgan fingerprint density at radius 2 is 1.64 bits per heavy atom. The van der Waals surface area contributed by atoms with Crippen LogP contribution in [0.2, 0.25) is 0 Å². The molecule has 1 saturated heterocycles. The fourth-order valence-corrected chi connectivity index (χ4v) is 5.90. The van der Waals surface area contributed by atoms with Gasteiger partial charge in [-0.15, -0.1) is 0 Å². The van der Waals surface area contributed by atoms with Gasteiger partial charge in [0.15, 0.2) is 11.5 Å². The Hall–Kier alpha value is -3.96. The Labute approximate surface area is 226 Å². The van der Waals surface area contributed by atoms with Gasteiger partial charge in [0.05, 0.1) is 10.6 Å². The lowest BCUT2D eigenvalue weighted by Crippen LogP contribution is -2.40.